The maximum absolute atomic E-state index is 12.2. The number of methoxy groups -OCH3 is 1. The second-order valence-corrected chi connectivity index (χ2v) is 7.21. The fraction of sp³-hybridized carbons (Fsp3) is 0.391. The summed E-state index contributed by atoms with van der Waals surface area (Å²) in [5.41, 5.74) is 3.31. The number of anilines is 1. The molecule has 0 fully saturated rings. The normalized spacial score (nSPS) is 10.7. The van der Waals surface area contributed by atoms with Crippen molar-refractivity contribution in [1.82, 2.24) is 5.32 Å². The van der Waals surface area contributed by atoms with E-state index in [2.05, 4.69) is 24.5 Å². The van der Waals surface area contributed by atoms with Gasteiger partial charge in [-0.25, -0.2) is 0 Å². The van der Waals surface area contributed by atoms with Crippen LogP contribution < -0.4 is 15.4 Å². The largest absolute Gasteiger partial charge is 0.483 e. The molecule has 0 bridgehead atoms. The first-order valence-corrected chi connectivity index (χ1v) is 9.81. The van der Waals surface area contributed by atoms with E-state index >= 15 is 0 Å². The van der Waals surface area contributed by atoms with E-state index in [9.17, 15) is 9.59 Å². The molecule has 0 heterocycles. The van der Waals surface area contributed by atoms with Crippen molar-refractivity contribution in [2.24, 2.45) is 0 Å². The summed E-state index contributed by atoms with van der Waals surface area (Å²) < 4.78 is 10.7. The minimum atomic E-state index is -0.252. The minimum absolute atomic E-state index is 0.0785. The summed E-state index contributed by atoms with van der Waals surface area (Å²) >= 11 is 0. The van der Waals surface area contributed by atoms with Crippen LogP contribution in [0.25, 0.3) is 0 Å². The van der Waals surface area contributed by atoms with Crippen molar-refractivity contribution in [2.75, 3.05) is 32.2 Å². The molecule has 0 spiro atoms. The molecule has 0 atom stereocenters. The van der Waals surface area contributed by atoms with Gasteiger partial charge in [0.25, 0.3) is 11.8 Å². The first-order valence-electron chi connectivity index (χ1n) is 9.81. The topological polar surface area (TPSA) is 76.7 Å². The van der Waals surface area contributed by atoms with Gasteiger partial charge in [0.1, 0.15) is 5.75 Å². The zero-order chi connectivity index (χ0) is 21.2. The molecule has 0 aromatic heterocycles. The van der Waals surface area contributed by atoms with Gasteiger partial charge in [0.2, 0.25) is 0 Å². The highest BCUT2D eigenvalue weighted by Crippen LogP contribution is 2.27. The highest BCUT2D eigenvalue weighted by molar-refractivity contribution is 5.96. The Morgan fingerprint density at radius 3 is 2.45 bits per heavy atom. The van der Waals surface area contributed by atoms with E-state index in [0.717, 1.165) is 23.3 Å². The lowest BCUT2D eigenvalue weighted by Crippen LogP contribution is -2.25. The Kier molecular flexibility index (Phi) is 8.68. The lowest BCUT2D eigenvalue weighted by Gasteiger charge is -2.15. The van der Waals surface area contributed by atoms with Crippen LogP contribution in [0.3, 0.4) is 0 Å². The summed E-state index contributed by atoms with van der Waals surface area (Å²) in [5, 5.41) is 5.61. The quantitative estimate of drug-likeness (QED) is 0.595. The molecule has 0 aliphatic heterocycles. The zero-order valence-electron chi connectivity index (χ0n) is 17.6. The van der Waals surface area contributed by atoms with E-state index < -0.39 is 0 Å². The van der Waals surface area contributed by atoms with Crippen LogP contribution in [0.4, 0.5) is 5.69 Å². The third kappa shape index (κ3) is 7.23. The second kappa shape index (κ2) is 11.2. The Morgan fingerprint density at radius 2 is 1.79 bits per heavy atom. The van der Waals surface area contributed by atoms with Gasteiger partial charge in [-0.1, -0.05) is 26.0 Å². The lowest BCUT2D eigenvalue weighted by atomic mass is 10.0. The second-order valence-electron chi connectivity index (χ2n) is 7.21. The van der Waals surface area contributed by atoms with Crippen LogP contribution in [0, 0.1) is 6.92 Å². The molecule has 0 aliphatic carbocycles. The van der Waals surface area contributed by atoms with Crippen molar-refractivity contribution < 1.29 is 19.1 Å². The molecule has 0 unspecified atom stereocenters. The molecular weight excluding hydrogens is 368 g/mol. The number of rotatable bonds is 10. The Hall–Kier alpha value is -2.86. The van der Waals surface area contributed by atoms with Crippen molar-refractivity contribution in [1.29, 1.82) is 0 Å². The fourth-order valence-electron chi connectivity index (χ4n) is 2.81. The number of carbonyl (C=O) groups is 2. The van der Waals surface area contributed by atoms with Crippen molar-refractivity contribution >= 4 is 17.5 Å². The van der Waals surface area contributed by atoms with Crippen LogP contribution in [0.15, 0.2) is 42.5 Å². The Bertz CT molecular complexity index is 816. The Morgan fingerprint density at radius 1 is 1.07 bits per heavy atom. The van der Waals surface area contributed by atoms with Crippen LogP contribution in [0.5, 0.6) is 5.75 Å². The smallest absolute Gasteiger partial charge is 0.262 e. The number of amides is 2. The van der Waals surface area contributed by atoms with Crippen LogP contribution in [0.1, 0.15) is 47.7 Å². The summed E-state index contributed by atoms with van der Waals surface area (Å²) in [6.07, 6.45) is 0.760. The standard InChI is InChI=1S/C23H30N2O4/c1-16(2)20-11-6-17(3)14-21(20)29-15-22(26)25-19-9-7-18(8-10-19)23(27)24-12-5-13-28-4/h6-11,14,16H,5,12-13,15H2,1-4H3,(H,24,27)(H,25,26). The van der Waals surface area contributed by atoms with E-state index in [0.29, 0.717) is 30.3 Å². The minimum Gasteiger partial charge on any atom is -0.483 e. The van der Waals surface area contributed by atoms with Gasteiger partial charge in [-0.2, -0.15) is 0 Å². The molecule has 0 radical (unpaired) electrons. The van der Waals surface area contributed by atoms with E-state index in [4.69, 9.17) is 9.47 Å². The first kappa shape index (κ1) is 22.4. The maximum Gasteiger partial charge on any atom is 0.262 e. The molecule has 6 heteroatoms. The predicted molar refractivity (Wildman–Crippen MR) is 115 cm³/mol. The van der Waals surface area contributed by atoms with Gasteiger partial charge in [0, 0.05) is 31.5 Å². The van der Waals surface area contributed by atoms with Gasteiger partial charge in [0.15, 0.2) is 6.61 Å². The highest BCUT2D eigenvalue weighted by atomic mass is 16.5. The summed E-state index contributed by atoms with van der Waals surface area (Å²) in [6, 6.07) is 12.8. The molecule has 2 aromatic carbocycles. The van der Waals surface area contributed by atoms with Crippen LogP contribution in [-0.4, -0.2) is 38.7 Å². The van der Waals surface area contributed by atoms with Crippen LogP contribution in [-0.2, 0) is 9.53 Å². The van der Waals surface area contributed by atoms with Crippen molar-refractivity contribution in [3.8, 4) is 5.75 Å². The van der Waals surface area contributed by atoms with E-state index in [1.165, 1.54) is 0 Å². The molecule has 2 rings (SSSR count). The molecule has 156 valence electrons. The zero-order valence-corrected chi connectivity index (χ0v) is 17.6. The molecule has 29 heavy (non-hydrogen) atoms. The number of benzene rings is 2. The molecule has 2 amide bonds. The van der Waals surface area contributed by atoms with E-state index in [1.807, 2.05) is 25.1 Å². The molecule has 2 aromatic rings. The number of hydrogen-bond acceptors (Lipinski definition) is 4. The maximum atomic E-state index is 12.2. The summed E-state index contributed by atoms with van der Waals surface area (Å²) in [5.74, 6) is 0.637. The lowest BCUT2D eigenvalue weighted by molar-refractivity contribution is -0.118. The first-order chi connectivity index (χ1) is 13.9. The van der Waals surface area contributed by atoms with Crippen molar-refractivity contribution in [3.05, 3.63) is 59.2 Å². The monoisotopic (exact) mass is 398 g/mol. The molecule has 0 aliphatic rings. The summed E-state index contributed by atoms with van der Waals surface area (Å²) in [6.45, 7) is 7.26. The average molecular weight is 399 g/mol. The van der Waals surface area contributed by atoms with Crippen LogP contribution in [0.2, 0.25) is 0 Å². The van der Waals surface area contributed by atoms with Gasteiger partial charge in [-0.05, 0) is 60.7 Å². The van der Waals surface area contributed by atoms with Gasteiger partial charge in [-0.3, -0.25) is 9.59 Å². The SMILES string of the molecule is COCCCNC(=O)c1ccc(NC(=O)COc2cc(C)ccc2C(C)C)cc1. The van der Waals surface area contributed by atoms with Crippen molar-refractivity contribution in [3.63, 3.8) is 0 Å². The predicted octanol–water partition coefficient (Wildman–Crippen LogP) is 3.90. The Labute approximate surface area is 172 Å². The molecule has 2 N–H and O–H groups in total. The average Bonchev–Trinajstić information content (AvgIpc) is 2.70. The Balaban J connectivity index is 1.87. The van der Waals surface area contributed by atoms with Crippen molar-refractivity contribution in [2.45, 2.75) is 33.1 Å². The molecule has 0 saturated heterocycles. The van der Waals surface area contributed by atoms with E-state index in [1.54, 1.807) is 31.4 Å². The van der Waals surface area contributed by atoms with Gasteiger partial charge < -0.3 is 20.1 Å². The van der Waals surface area contributed by atoms with E-state index in [-0.39, 0.29) is 18.4 Å². The van der Waals surface area contributed by atoms with Gasteiger partial charge in [0.05, 0.1) is 0 Å². The third-order valence-corrected chi connectivity index (χ3v) is 4.39. The number of nitrogens with one attached hydrogen (secondary N) is 2. The summed E-state index contributed by atoms with van der Waals surface area (Å²) in [7, 11) is 1.63. The molecule has 6 nitrogen and oxygen atoms in total. The summed E-state index contributed by atoms with van der Waals surface area (Å²) in [4.78, 5) is 24.3. The molecular formula is C23H30N2O4. The van der Waals surface area contributed by atoms with Gasteiger partial charge in [-0.15, -0.1) is 0 Å². The van der Waals surface area contributed by atoms with Crippen LogP contribution >= 0.6 is 0 Å². The number of aryl methyl sites for hydroxylation is 1. The number of carbonyl (C=O) groups excluding carboxylic acids is 2. The fourth-order valence-corrected chi connectivity index (χ4v) is 2.81. The third-order valence-electron chi connectivity index (χ3n) is 4.39. The number of hydrogen-bond donors (Lipinski definition) is 2. The van der Waals surface area contributed by atoms with Gasteiger partial charge >= 0.3 is 0 Å². The molecule has 0 saturated carbocycles. The highest BCUT2D eigenvalue weighted by Gasteiger charge is 2.11. The number of ether oxygens (including phenoxy) is 2.